The van der Waals surface area contributed by atoms with Gasteiger partial charge in [0.2, 0.25) is 5.95 Å². The van der Waals surface area contributed by atoms with Crippen molar-refractivity contribution >= 4 is 17.5 Å². The molecule has 0 amide bonds. The Bertz CT molecular complexity index is 684. The van der Waals surface area contributed by atoms with Crippen LogP contribution >= 0.6 is 0 Å². The van der Waals surface area contributed by atoms with Crippen molar-refractivity contribution in [3.8, 4) is 5.75 Å². The van der Waals surface area contributed by atoms with Gasteiger partial charge >= 0.3 is 0 Å². The lowest BCUT2D eigenvalue weighted by molar-refractivity contribution is 0.122. The summed E-state index contributed by atoms with van der Waals surface area (Å²) in [6, 6.07) is 9.85. The Labute approximate surface area is 142 Å². The Hall–Kier alpha value is -2.34. The van der Waals surface area contributed by atoms with E-state index in [0.717, 1.165) is 49.3 Å². The van der Waals surface area contributed by atoms with Crippen molar-refractivity contribution in [2.24, 2.45) is 0 Å². The molecule has 24 heavy (non-hydrogen) atoms. The van der Waals surface area contributed by atoms with Crippen molar-refractivity contribution in [2.75, 3.05) is 36.5 Å². The van der Waals surface area contributed by atoms with Gasteiger partial charge in [0.05, 0.1) is 25.0 Å². The van der Waals surface area contributed by atoms with Gasteiger partial charge in [0, 0.05) is 24.8 Å². The van der Waals surface area contributed by atoms with Crippen LogP contribution in [-0.2, 0) is 4.74 Å². The third-order valence-electron chi connectivity index (χ3n) is 3.67. The van der Waals surface area contributed by atoms with E-state index in [1.54, 1.807) is 0 Å². The molecule has 0 atom stereocenters. The van der Waals surface area contributed by atoms with E-state index in [1.165, 1.54) is 0 Å². The number of ether oxygens (including phenoxy) is 2. The second-order valence-corrected chi connectivity index (χ2v) is 6.08. The number of hydrogen-bond acceptors (Lipinski definition) is 6. The Morgan fingerprint density at radius 2 is 1.92 bits per heavy atom. The lowest BCUT2D eigenvalue weighted by Crippen LogP contribution is -2.36. The van der Waals surface area contributed by atoms with Crippen molar-refractivity contribution in [2.45, 2.75) is 26.9 Å². The van der Waals surface area contributed by atoms with Gasteiger partial charge in [-0.15, -0.1) is 0 Å². The van der Waals surface area contributed by atoms with E-state index in [-0.39, 0.29) is 6.10 Å². The van der Waals surface area contributed by atoms with Crippen LogP contribution in [0, 0.1) is 6.92 Å². The second-order valence-electron chi connectivity index (χ2n) is 6.08. The third-order valence-corrected chi connectivity index (χ3v) is 3.67. The van der Waals surface area contributed by atoms with Gasteiger partial charge in [-0.1, -0.05) is 12.1 Å². The Kier molecular flexibility index (Phi) is 5.15. The Balaban J connectivity index is 1.84. The van der Waals surface area contributed by atoms with Crippen LogP contribution in [0.25, 0.3) is 0 Å². The standard InChI is InChI=1S/C18H24N4O2/c1-13(2)24-16-7-5-4-6-15(16)20-18-19-14(3)12-17(21-18)22-8-10-23-11-9-22/h4-7,12-13H,8-11H2,1-3H3,(H,19,20,21). The minimum absolute atomic E-state index is 0.107. The van der Waals surface area contributed by atoms with Gasteiger partial charge in [0.15, 0.2) is 0 Å². The summed E-state index contributed by atoms with van der Waals surface area (Å²) in [5.41, 5.74) is 1.79. The molecule has 1 aromatic carbocycles. The average molecular weight is 328 g/mol. The molecule has 0 spiro atoms. The zero-order valence-corrected chi connectivity index (χ0v) is 14.5. The van der Waals surface area contributed by atoms with E-state index in [0.29, 0.717) is 5.95 Å². The summed E-state index contributed by atoms with van der Waals surface area (Å²) in [6.07, 6.45) is 0.107. The molecule has 0 aliphatic carbocycles. The topological polar surface area (TPSA) is 59.5 Å². The summed E-state index contributed by atoms with van der Waals surface area (Å²) in [5, 5.41) is 3.29. The zero-order chi connectivity index (χ0) is 16.9. The molecule has 0 saturated carbocycles. The van der Waals surface area contributed by atoms with E-state index in [4.69, 9.17) is 9.47 Å². The molecule has 1 N–H and O–H groups in total. The first-order valence-electron chi connectivity index (χ1n) is 8.33. The molecule has 2 aromatic rings. The summed E-state index contributed by atoms with van der Waals surface area (Å²) in [5.74, 6) is 2.30. The Morgan fingerprint density at radius 3 is 2.67 bits per heavy atom. The maximum Gasteiger partial charge on any atom is 0.229 e. The van der Waals surface area contributed by atoms with Gasteiger partial charge in [-0.05, 0) is 32.9 Å². The van der Waals surface area contributed by atoms with Crippen LogP contribution in [0.1, 0.15) is 19.5 Å². The first-order valence-corrected chi connectivity index (χ1v) is 8.33. The molecular weight excluding hydrogens is 304 g/mol. The van der Waals surface area contributed by atoms with Crippen molar-refractivity contribution in [1.82, 2.24) is 9.97 Å². The number of nitrogens with zero attached hydrogens (tertiary/aromatic N) is 3. The molecule has 1 aliphatic rings. The fraction of sp³-hybridized carbons (Fsp3) is 0.444. The summed E-state index contributed by atoms with van der Waals surface area (Å²) < 4.78 is 11.3. The van der Waals surface area contributed by atoms with Crippen LogP contribution in [0.4, 0.5) is 17.5 Å². The van der Waals surface area contributed by atoms with Gasteiger partial charge in [-0.3, -0.25) is 0 Å². The van der Waals surface area contributed by atoms with E-state index < -0.39 is 0 Å². The quantitative estimate of drug-likeness (QED) is 0.910. The number of para-hydroxylation sites is 2. The van der Waals surface area contributed by atoms with Crippen molar-refractivity contribution < 1.29 is 9.47 Å². The number of benzene rings is 1. The highest BCUT2D eigenvalue weighted by molar-refractivity contribution is 5.63. The van der Waals surface area contributed by atoms with E-state index in [9.17, 15) is 0 Å². The molecule has 6 nitrogen and oxygen atoms in total. The van der Waals surface area contributed by atoms with Crippen molar-refractivity contribution in [3.05, 3.63) is 36.0 Å². The summed E-state index contributed by atoms with van der Waals surface area (Å²) in [4.78, 5) is 11.4. The fourth-order valence-corrected chi connectivity index (χ4v) is 2.61. The number of morpholine rings is 1. The molecule has 0 bridgehead atoms. The third kappa shape index (κ3) is 4.14. The lowest BCUT2D eigenvalue weighted by atomic mass is 10.3. The highest BCUT2D eigenvalue weighted by Gasteiger charge is 2.15. The first kappa shape index (κ1) is 16.5. The zero-order valence-electron chi connectivity index (χ0n) is 14.5. The van der Waals surface area contributed by atoms with Gasteiger partial charge < -0.3 is 19.7 Å². The molecule has 6 heteroatoms. The molecule has 1 saturated heterocycles. The molecule has 1 aliphatic heterocycles. The highest BCUT2D eigenvalue weighted by Crippen LogP contribution is 2.28. The Morgan fingerprint density at radius 1 is 1.17 bits per heavy atom. The predicted molar refractivity (Wildman–Crippen MR) is 95.3 cm³/mol. The number of rotatable bonds is 5. The van der Waals surface area contributed by atoms with Crippen LogP contribution in [0.2, 0.25) is 0 Å². The minimum atomic E-state index is 0.107. The maximum atomic E-state index is 5.85. The van der Waals surface area contributed by atoms with Crippen molar-refractivity contribution in [1.29, 1.82) is 0 Å². The monoisotopic (exact) mass is 328 g/mol. The molecular formula is C18H24N4O2. The van der Waals surface area contributed by atoms with Gasteiger partial charge in [0.25, 0.3) is 0 Å². The largest absolute Gasteiger partial charge is 0.489 e. The minimum Gasteiger partial charge on any atom is -0.489 e. The number of anilines is 3. The maximum absolute atomic E-state index is 5.85. The average Bonchev–Trinajstić information content (AvgIpc) is 2.56. The van der Waals surface area contributed by atoms with Crippen LogP contribution in [0.3, 0.4) is 0 Å². The second kappa shape index (κ2) is 7.49. The van der Waals surface area contributed by atoms with E-state index in [2.05, 4.69) is 20.2 Å². The van der Waals surface area contributed by atoms with Gasteiger partial charge in [-0.2, -0.15) is 4.98 Å². The van der Waals surface area contributed by atoms with Gasteiger partial charge in [-0.25, -0.2) is 4.98 Å². The van der Waals surface area contributed by atoms with Crippen LogP contribution in [-0.4, -0.2) is 42.4 Å². The molecule has 1 aromatic heterocycles. The lowest BCUT2D eigenvalue weighted by Gasteiger charge is -2.28. The normalized spacial score (nSPS) is 14.8. The smallest absolute Gasteiger partial charge is 0.229 e. The van der Waals surface area contributed by atoms with E-state index >= 15 is 0 Å². The molecule has 128 valence electrons. The van der Waals surface area contributed by atoms with Crippen molar-refractivity contribution in [3.63, 3.8) is 0 Å². The van der Waals surface area contributed by atoms with E-state index in [1.807, 2.05) is 51.1 Å². The van der Waals surface area contributed by atoms with Crippen LogP contribution in [0.15, 0.2) is 30.3 Å². The van der Waals surface area contributed by atoms with Crippen LogP contribution in [0.5, 0.6) is 5.75 Å². The molecule has 3 rings (SSSR count). The SMILES string of the molecule is Cc1cc(N2CCOCC2)nc(Nc2ccccc2OC(C)C)n1. The molecule has 2 heterocycles. The molecule has 1 fully saturated rings. The predicted octanol–water partition coefficient (Wildman–Crippen LogP) is 3.15. The summed E-state index contributed by atoms with van der Waals surface area (Å²) in [6.45, 7) is 9.17. The van der Waals surface area contributed by atoms with Crippen LogP contribution < -0.4 is 15.0 Å². The first-order chi connectivity index (χ1) is 11.6. The fourth-order valence-electron chi connectivity index (χ4n) is 2.61. The highest BCUT2D eigenvalue weighted by atomic mass is 16.5. The summed E-state index contributed by atoms with van der Waals surface area (Å²) in [7, 11) is 0. The molecule has 0 radical (unpaired) electrons. The molecule has 0 unspecified atom stereocenters. The number of aromatic nitrogens is 2. The number of hydrogen-bond donors (Lipinski definition) is 1. The summed E-state index contributed by atoms with van der Waals surface area (Å²) >= 11 is 0. The number of nitrogens with one attached hydrogen (secondary N) is 1. The number of aryl methyl sites for hydroxylation is 1. The van der Waals surface area contributed by atoms with Gasteiger partial charge in [0.1, 0.15) is 11.6 Å².